The van der Waals surface area contributed by atoms with Crippen molar-refractivity contribution in [2.75, 3.05) is 25.0 Å². The monoisotopic (exact) mass is 426 g/mol. The smallest absolute Gasteiger partial charge is 0.238 e. The first kappa shape index (κ1) is 20.6. The molecule has 1 aliphatic heterocycles. The van der Waals surface area contributed by atoms with E-state index in [2.05, 4.69) is 39.5 Å². The summed E-state index contributed by atoms with van der Waals surface area (Å²) in [7, 11) is -3.79. The van der Waals surface area contributed by atoms with Gasteiger partial charge >= 0.3 is 0 Å². The number of hydrogen-bond donors (Lipinski definition) is 3. The number of rotatable bonds is 6. The van der Waals surface area contributed by atoms with Crippen LogP contribution in [0, 0.1) is 0 Å². The average molecular weight is 427 g/mol. The molecule has 1 amide bonds. The number of aromatic amines is 1. The SMILES string of the molecule is NS(=O)(=O)c1cccc(NC(=O)CCN2CCC(c3cccc4[nH]ccc34)CC2)c1. The Morgan fingerprint density at radius 2 is 1.90 bits per heavy atom. The fraction of sp³-hybridized carbons (Fsp3) is 0.318. The Balaban J connectivity index is 1.28. The molecule has 8 heteroatoms. The Morgan fingerprint density at radius 3 is 2.67 bits per heavy atom. The highest BCUT2D eigenvalue weighted by Gasteiger charge is 2.22. The first-order chi connectivity index (χ1) is 14.4. The maximum atomic E-state index is 12.3. The molecular formula is C22H26N4O3S. The number of sulfonamides is 1. The topological polar surface area (TPSA) is 108 Å². The zero-order valence-corrected chi connectivity index (χ0v) is 17.5. The van der Waals surface area contributed by atoms with Gasteiger partial charge in [0.05, 0.1) is 4.90 Å². The van der Waals surface area contributed by atoms with Crippen LogP contribution in [-0.4, -0.2) is 43.8 Å². The predicted octanol–water partition coefficient (Wildman–Crippen LogP) is 3.02. The van der Waals surface area contributed by atoms with Gasteiger partial charge in [-0.3, -0.25) is 4.79 Å². The maximum Gasteiger partial charge on any atom is 0.238 e. The van der Waals surface area contributed by atoms with Gasteiger partial charge in [-0.05, 0) is 67.7 Å². The molecule has 0 spiro atoms. The lowest BCUT2D eigenvalue weighted by molar-refractivity contribution is -0.116. The predicted molar refractivity (Wildman–Crippen MR) is 118 cm³/mol. The van der Waals surface area contributed by atoms with Crippen LogP contribution in [0.2, 0.25) is 0 Å². The Bertz CT molecular complexity index is 1150. The fourth-order valence-corrected chi connectivity index (χ4v) is 4.73. The fourth-order valence-electron chi connectivity index (χ4n) is 4.17. The van der Waals surface area contributed by atoms with Crippen LogP contribution in [0.3, 0.4) is 0 Å². The molecule has 0 saturated carbocycles. The zero-order chi connectivity index (χ0) is 21.1. The van der Waals surface area contributed by atoms with Crippen LogP contribution >= 0.6 is 0 Å². The number of carbonyl (C=O) groups is 1. The number of aromatic nitrogens is 1. The molecule has 0 atom stereocenters. The minimum atomic E-state index is -3.79. The van der Waals surface area contributed by atoms with E-state index in [1.54, 1.807) is 12.1 Å². The van der Waals surface area contributed by atoms with E-state index in [1.165, 1.54) is 28.6 Å². The van der Waals surface area contributed by atoms with Crippen LogP contribution in [0.4, 0.5) is 5.69 Å². The molecule has 3 aromatic rings. The Kier molecular flexibility index (Phi) is 5.90. The van der Waals surface area contributed by atoms with Gasteiger partial charge in [-0.15, -0.1) is 0 Å². The average Bonchev–Trinajstić information content (AvgIpc) is 3.21. The van der Waals surface area contributed by atoms with Crippen LogP contribution in [0.15, 0.2) is 59.6 Å². The number of nitrogens with zero attached hydrogens (tertiary/aromatic N) is 1. The van der Waals surface area contributed by atoms with Gasteiger partial charge in [0.1, 0.15) is 0 Å². The number of fused-ring (bicyclic) bond motifs is 1. The number of primary sulfonamides is 1. The van der Waals surface area contributed by atoms with E-state index in [-0.39, 0.29) is 10.8 Å². The van der Waals surface area contributed by atoms with E-state index in [4.69, 9.17) is 5.14 Å². The highest BCUT2D eigenvalue weighted by molar-refractivity contribution is 7.89. The molecule has 1 aromatic heterocycles. The highest BCUT2D eigenvalue weighted by atomic mass is 32.2. The zero-order valence-electron chi connectivity index (χ0n) is 16.7. The highest BCUT2D eigenvalue weighted by Crippen LogP contribution is 2.32. The first-order valence-corrected chi connectivity index (χ1v) is 11.7. The Morgan fingerprint density at radius 1 is 1.13 bits per heavy atom. The van der Waals surface area contributed by atoms with Gasteiger partial charge in [0, 0.05) is 35.8 Å². The first-order valence-electron chi connectivity index (χ1n) is 10.1. The number of carbonyl (C=O) groups excluding carboxylic acids is 1. The van der Waals surface area contributed by atoms with Gasteiger partial charge in [0.15, 0.2) is 0 Å². The second-order valence-corrected chi connectivity index (χ2v) is 9.33. The van der Waals surface area contributed by atoms with Crippen LogP contribution in [-0.2, 0) is 14.8 Å². The Hall–Kier alpha value is -2.68. The van der Waals surface area contributed by atoms with E-state index < -0.39 is 10.0 Å². The van der Waals surface area contributed by atoms with E-state index >= 15 is 0 Å². The number of anilines is 1. The molecule has 158 valence electrons. The summed E-state index contributed by atoms with van der Waals surface area (Å²) in [4.78, 5) is 17.9. The summed E-state index contributed by atoms with van der Waals surface area (Å²) in [5, 5.41) is 9.20. The van der Waals surface area contributed by atoms with Gasteiger partial charge in [0.25, 0.3) is 0 Å². The molecule has 2 heterocycles. The molecule has 1 saturated heterocycles. The summed E-state index contributed by atoms with van der Waals surface area (Å²) in [6.45, 7) is 2.60. The largest absolute Gasteiger partial charge is 0.361 e. The van der Waals surface area contributed by atoms with Crippen molar-refractivity contribution >= 4 is 32.5 Å². The van der Waals surface area contributed by atoms with Gasteiger partial charge < -0.3 is 15.2 Å². The third-order valence-electron chi connectivity index (χ3n) is 5.76. The second-order valence-electron chi connectivity index (χ2n) is 7.77. The molecule has 7 nitrogen and oxygen atoms in total. The van der Waals surface area contributed by atoms with Crippen molar-refractivity contribution in [1.82, 2.24) is 9.88 Å². The summed E-state index contributed by atoms with van der Waals surface area (Å²) in [6.07, 6.45) is 4.49. The van der Waals surface area contributed by atoms with Crippen LogP contribution in [0.1, 0.15) is 30.7 Å². The van der Waals surface area contributed by atoms with Crippen molar-refractivity contribution in [2.45, 2.75) is 30.1 Å². The quantitative estimate of drug-likeness (QED) is 0.563. The van der Waals surface area contributed by atoms with E-state index in [0.717, 1.165) is 25.9 Å². The lowest BCUT2D eigenvalue weighted by atomic mass is 9.87. The number of likely N-dealkylation sites (tertiary alicyclic amines) is 1. The third kappa shape index (κ3) is 4.72. The number of piperidine rings is 1. The lowest BCUT2D eigenvalue weighted by Gasteiger charge is -2.32. The molecule has 4 rings (SSSR count). The van der Waals surface area contributed by atoms with Crippen molar-refractivity contribution in [2.24, 2.45) is 5.14 Å². The molecular weight excluding hydrogens is 400 g/mol. The maximum absolute atomic E-state index is 12.3. The molecule has 0 bridgehead atoms. The van der Waals surface area contributed by atoms with Gasteiger partial charge in [-0.25, -0.2) is 13.6 Å². The lowest BCUT2D eigenvalue weighted by Crippen LogP contribution is -2.35. The summed E-state index contributed by atoms with van der Waals surface area (Å²) in [5.41, 5.74) is 3.02. The minimum absolute atomic E-state index is 0.0141. The van der Waals surface area contributed by atoms with Gasteiger partial charge in [0.2, 0.25) is 15.9 Å². The number of amides is 1. The molecule has 0 unspecified atom stereocenters. The molecule has 1 fully saturated rings. The number of hydrogen-bond acceptors (Lipinski definition) is 4. The van der Waals surface area contributed by atoms with Crippen LogP contribution < -0.4 is 10.5 Å². The minimum Gasteiger partial charge on any atom is -0.361 e. The van der Waals surface area contributed by atoms with Crippen molar-refractivity contribution in [1.29, 1.82) is 0 Å². The van der Waals surface area contributed by atoms with Gasteiger partial charge in [-0.2, -0.15) is 0 Å². The van der Waals surface area contributed by atoms with Gasteiger partial charge in [-0.1, -0.05) is 18.2 Å². The second kappa shape index (κ2) is 8.59. The molecule has 1 aliphatic rings. The van der Waals surface area contributed by atoms with Crippen LogP contribution in [0.5, 0.6) is 0 Å². The van der Waals surface area contributed by atoms with Crippen molar-refractivity contribution in [3.05, 3.63) is 60.3 Å². The van der Waals surface area contributed by atoms with E-state index in [1.807, 2.05) is 6.20 Å². The molecule has 30 heavy (non-hydrogen) atoms. The molecule has 0 radical (unpaired) electrons. The van der Waals surface area contributed by atoms with E-state index in [0.29, 0.717) is 24.6 Å². The van der Waals surface area contributed by atoms with Crippen molar-refractivity contribution < 1.29 is 13.2 Å². The standard InChI is InChI=1S/C22H26N4O3S/c23-30(28,29)18-4-1-3-17(15-18)25-22(27)10-14-26-12-8-16(9-13-26)19-5-2-6-21-20(19)7-11-24-21/h1-7,11,15-16,24H,8-10,12-14H2,(H,25,27)(H2,23,28,29). The summed E-state index contributed by atoms with van der Waals surface area (Å²) < 4.78 is 22.9. The molecule has 4 N–H and O–H groups in total. The molecule has 0 aliphatic carbocycles. The van der Waals surface area contributed by atoms with E-state index in [9.17, 15) is 13.2 Å². The summed E-state index contributed by atoms with van der Waals surface area (Å²) in [6, 6.07) is 14.6. The van der Waals surface area contributed by atoms with Crippen molar-refractivity contribution in [3.8, 4) is 0 Å². The third-order valence-corrected chi connectivity index (χ3v) is 6.67. The van der Waals surface area contributed by atoms with Crippen molar-refractivity contribution in [3.63, 3.8) is 0 Å². The summed E-state index contributed by atoms with van der Waals surface area (Å²) in [5.74, 6) is 0.399. The number of nitrogens with one attached hydrogen (secondary N) is 2. The number of nitrogens with two attached hydrogens (primary N) is 1. The van der Waals surface area contributed by atoms with Crippen LogP contribution in [0.25, 0.3) is 10.9 Å². The number of benzene rings is 2. The Labute approximate surface area is 176 Å². The summed E-state index contributed by atoms with van der Waals surface area (Å²) >= 11 is 0. The number of H-pyrrole nitrogens is 1. The normalized spacial score (nSPS) is 16.0. The molecule has 2 aromatic carbocycles.